The van der Waals surface area contributed by atoms with Gasteiger partial charge in [-0.3, -0.25) is 4.79 Å². The van der Waals surface area contributed by atoms with Gasteiger partial charge in [0.15, 0.2) is 0 Å². The Morgan fingerprint density at radius 2 is 2.58 bits per heavy atom. The molecular weight excluding hydrogens is 156 g/mol. The molecule has 4 nitrogen and oxygen atoms in total. The monoisotopic (exact) mass is 170 g/mol. The van der Waals surface area contributed by atoms with Crippen molar-refractivity contribution in [3.8, 4) is 0 Å². The molecule has 0 fully saturated rings. The van der Waals surface area contributed by atoms with Crippen molar-refractivity contribution in [2.45, 2.75) is 18.9 Å². The van der Waals surface area contributed by atoms with Crippen molar-refractivity contribution in [3.63, 3.8) is 0 Å². The van der Waals surface area contributed by atoms with E-state index < -0.39 is 12.0 Å². The summed E-state index contributed by atoms with van der Waals surface area (Å²) in [5.41, 5.74) is 5.39. The Balaban J connectivity index is 2.34. The molecule has 0 aromatic rings. The van der Waals surface area contributed by atoms with Crippen LogP contribution in [0.4, 0.5) is 0 Å². The molecule has 0 saturated heterocycles. The van der Waals surface area contributed by atoms with Gasteiger partial charge in [0, 0.05) is 6.54 Å². The topological polar surface area (TPSA) is 75.3 Å². The van der Waals surface area contributed by atoms with Crippen molar-refractivity contribution in [1.82, 2.24) is 5.32 Å². The summed E-state index contributed by atoms with van der Waals surface area (Å²) in [6.07, 6.45) is 5.35. The maximum atomic E-state index is 10.4. The van der Waals surface area contributed by atoms with E-state index in [0.29, 0.717) is 12.3 Å². The molecule has 4 N–H and O–H groups in total. The molecule has 2 atom stereocenters. The molecule has 0 saturated carbocycles. The Hall–Kier alpha value is -1.03. The minimum absolute atomic E-state index is 0.317. The number of aliphatic carboxylic acids is 1. The first kappa shape index (κ1) is 9.06. The van der Waals surface area contributed by atoms with E-state index in [9.17, 15) is 4.79 Å². The average Bonchev–Trinajstić information content (AvgIpc) is 2.06. The highest BCUT2D eigenvalue weighted by Crippen LogP contribution is 2.14. The third-order valence-corrected chi connectivity index (χ3v) is 2.02. The van der Waals surface area contributed by atoms with E-state index in [-0.39, 0.29) is 0 Å². The Labute approximate surface area is 71.4 Å². The van der Waals surface area contributed by atoms with Crippen LogP contribution in [0.15, 0.2) is 12.3 Å². The van der Waals surface area contributed by atoms with Crippen molar-refractivity contribution < 1.29 is 9.90 Å². The van der Waals surface area contributed by atoms with Crippen molar-refractivity contribution in [2.24, 2.45) is 11.7 Å². The minimum Gasteiger partial charge on any atom is -0.480 e. The number of carbonyl (C=O) groups is 1. The third kappa shape index (κ3) is 2.54. The molecule has 1 heterocycles. The van der Waals surface area contributed by atoms with Gasteiger partial charge in [-0.2, -0.15) is 0 Å². The second kappa shape index (κ2) is 4.11. The molecule has 1 aliphatic heterocycles. The summed E-state index contributed by atoms with van der Waals surface area (Å²) in [5, 5.41) is 11.6. The van der Waals surface area contributed by atoms with Crippen LogP contribution in [0.5, 0.6) is 0 Å². The zero-order valence-electron chi connectivity index (χ0n) is 6.86. The lowest BCUT2D eigenvalue weighted by Crippen LogP contribution is -2.33. The summed E-state index contributed by atoms with van der Waals surface area (Å²) >= 11 is 0. The van der Waals surface area contributed by atoms with Gasteiger partial charge in [0.1, 0.15) is 6.04 Å². The van der Waals surface area contributed by atoms with Crippen LogP contribution < -0.4 is 11.1 Å². The summed E-state index contributed by atoms with van der Waals surface area (Å²) in [4.78, 5) is 10.4. The number of nitrogens with two attached hydrogens (primary N) is 1. The number of carboxylic acid groups (broad SMARTS) is 1. The highest BCUT2D eigenvalue weighted by molar-refractivity contribution is 5.73. The molecule has 0 aromatic carbocycles. The van der Waals surface area contributed by atoms with Crippen LogP contribution >= 0.6 is 0 Å². The number of rotatable bonds is 3. The first-order chi connectivity index (χ1) is 5.70. The average molecular weight is 170 g/mol. The van der Waals surface area contributed by atoms with Crippen LogP contribution in [0.3, 0.4) is 0 Å². The van der Waals surface area contributed by atoms with Gasteiger partial charge < -0.3 is 16.2 Å². The Morgan fingerprint density at radius 1 is 1.83 bits per heavy atom. The van der Waals surface area contributed by atoms with E-state index in [1.807, 2.05) is 12.3 Å². The SMILES string of the molecule is NC(CC1C=CNCC1)C(=O)O. The lowest BCUT2D eigenvalue weighted by atomic mass is 9.95. The van der Waals surface area contributed by atoms with Gasteiger partial charge >= 0.3 is 5.97 Å². The minimum atomic E-state index is -0.915. The van der Waals surface area contributed by atoms with E-state index in [4.69, 9.17) is 10.8 Å². The van der Waals surface area contributed by atoms with Crippen LogP contribution in [-0.4, -0.2) is 23.7 Å². The number of hydrogen-bond acceptors (Lipinski definition) is 3. The highest BCUT2D eigenvalue weighted by atomic mass is 16.4. The molecule has 1 rings (SSSR count). The molecule has 0 spiro atoms. The van der Waals surface area contributed by atoms with Crippen LogP contribution in [0.1, 0.15) is 12.8 Å². The van der Waals surface area contributed by atoms with Crippen LogP contribution in [-0.2, 0) is 4.79 Å². The van der Waals surface area contributed by atoms with Gasteiger partial charge in [0.2, 0.25) is 0 Å². The zero-order valence-corrected chi connectivity index (χ0v) is 6.86. The molecule has 12 heavy (non-hydrogen) atoms. The molecule has 2 unspecified atom stereocenters. The maximum Gasteiger partial charge on any atom is 0.320 e. The fourth-order valence-electron chi connectivity index (χ4n) is 1.28. The van der Waals surface area contributed by atoms with Gasteiger partial charge in [-0.15, -0.1) is 0 Å². The van der Waals surface area contributed by atoms with E-state index in [2.05, 4.69) is 5.32 Å². The predicted octanol–water partition coefficient (Wildman–Crippen LogP) is -0.0884. The molecule has 4 heteroatoms. The number of nitrogens with one attached hydrogen (secondary N) is 1. The van der Waals surface area contributed by atoms with E-state index in [1.165, 1.54) is 0 Å². The smallest absolute Gasteiger partial charge is 0.320 e. The second-order valence-corrected chi connectivity index (χ2v) is 3.04. The first-order valence-electron chi connectivity index (χ1n) is 4.08. The molecule has 68 valence electrons. The Kier molecular flexibility index (Phi) is 3.10. The van der Waals surface area contributed by atoms with E-state index >= 15 is 0 Å². The van der Waals surface area contributed by atoms with Crippen molar-refractivity contribution in [1.29, 1.82) is 0 Å². The van der Waals surface area contributed by atoms with Gasteiger partial charge in [-0.1, -0.05) is 6.08 Å². The highest BCUT2D eigenvalue weighted by Gasteiger charge is 2.17. The van der Waals surface area contributed by atoms with E-state index in [0.717, 1.165) is 13.0 Å². The number of allylic oxidation sites excluding steroid dienone is 1. The fraction of sp³-hybridized carbons (Fsp3) is 0.625. The fourth-order valence-corrected chi connectivity index (χ4v) is 1.28. The summed E-state index contributed by atoms with van der Waals surface area (Å²) in [5.74, 6) is -0.598. The molecular formula is C8H14N2O2. The standard InChI is InChI=1S/C8H14N2O2/c9-7(8(11)12)5-6-1-3-10-4-2-6/h1,3,6-7,10H,2,4-5,9H2,(H,11,12). The van der Waals surface area contributed by atoms with Crippen LogP contribution in [0, 0.1) is 5.92 Å². The molecule has 0 aliphatic carbocycles. The molecule has 0 radical (unpaired) electrons. The van der Waals surface area contributed by atoms with Gasteiger partial charge in [0.05, 0.1) is 0 Å². The van der Waals surface area contributed by atoms with Gasteiger partial charge in [-0.25, -0.2) is 0 Å². The second-order valence-electron chi connectivity index (χ2n) is 3.04. The molecule has 1 aliphatic rings. The van der Waals surface area contributed by atoms with E-state index in [1.54, 1.807) is 0 Å². The summed E-state index contributed by atoms with van der Waals surface area (Å²) in [7, 11) is 0. The van der Waals surface area contributed by atoms with Crippen molar-refractivity contribution in [2.75, 3.05) is 6.54 Å². The number of hydrogen-bond donors (Lipinski definition) is 3. The zero-order chi connectivity index (χ0) is 8.97. The first-order valence-corrected chi connectivity index (χ1v) is 4.08. The van der Waals surface area contributed by atoms with Gasteiger partial charge in [-0.05, 0) is 25.0 Å². The lowest BCUT2D eigenvalue weighted by Gasteiger charge is -2.18. The lowest BCUT2D eigenvalue weighted by molar-refractivity contribution is -0.138. The normalized spacial score (nSPS) is 24.6. The largest absolute Gasteiger partial charge is 0.480 e. The Bertz CT molecular complexity index is 191. The summed E-state index contributed by atoms with van der Waals surface area (Å²) in [6.45, 7) is 0.910. The predicted molar refractivity (Wildman–Crippen MR) is 45.5 cm³/mol. The van der Waals surface area contributed by atoms with Gasteiger partial charge in [0.25, 0.3) is 0 Å². The maximum absolute atomic E-state index is 10.4. The van der Waals surface area contributed by atoms with Crippen molar-refractivity contribution >= 4 is 5.97 Å². The van der Waals surface area contributed by atoms with Crippen LogP contribution in [0.2, 0.25) is 0 Å². The van der Waals surface area contributed by atoms with Crippen LogP contribution in [0.25, 0.3) is 0 Å². The quantitative estimate of drug-likeness (QED) is 0.553. The number of carboxylic acids is 1. The molecule has 0 aromatic heterocycles. The molecule has 0 bridgehead atoms. The Morgan fingerprint density at radius 3 is 3.08 bits per heavy atom. The molecule has 0 amide bonds. The van der Waals surface area contributed by atoms with Crippen molar-refractivity contribution in [3.05, 3.63) is 12.3 Å². The summed E-state index contributed by atoms with van der Waals surface area (Å²) in [6, 6.07) is -0.724. The third-order valence-electron chi connectivity index (χ3n) is 2.02. The summed E-state index contributed by atoms with van der Waals surface area (Å²) < 4.78 is 0.